The predicted octanol–water partition coefficient (Wildman–Crippen LogP) is 2.42. The fourth-order valence-electron chi connectivity index (χ4n) is 2.08. The number of ether oxygens (including phenoxy) is 1. The van der Waals surface area contributed by atoms with Gasteiger partial charge in [-0.2, -0.15) is 4.72 Å². The molecule has 2 N–H and O–H groups in total. The summed E-state index contributed by atoms with van der Waals surface area (Å²) in [6, 6.07) is 4.61. The fourth-order valence-corrected chi connectivity index (χ4v) is 3.87. The molecule has 0 aliphatic rings. The average Bonchev–Trinajstić information content (AvgIpc) is 2.91. The van der Waals surface area contributed by atoms with Crippen LogP contribution in [0.2, 0.25) is 5.02 Å². The van der Waals surface area contributed by atoms with E-state index in [2.05, 4.69) is 14.7 Å². The minimum atomic E-state index is -3.76. The lowest BCUT2D eigenvalue weighted by Gasteiger charge is -2.24. The highest BCUT2D eigenvalue weighted by molar-refractivity contribution is 7.89. The van der Waals surface area contributed by atoms with Gasteiger partial charge in [-0.05, 0) is 37.6 Å². The number of aromatic amines is 1. The Kier molecular flexibility index (Phi) is 4.91. The lowest BCUT2D eigenvalue weighted by atomic mass is 10.1. The van der Waals surface area contributed by atoms with Gasteiger partial charge in [0, 0.05) is 24.5 Å². The highest BCUT2D eigenvalue weighted by atomic mass is 35.5. The van der Waals surface area contributed by atoms with Crippen molar-refractivity contribution < 1.29 is 13.2 Å². The summed E-state index contributed by atoms with van der Waals surface area (Å²) in [4.78, 5) is 7.10. The molecule has 1 aromatic heterocycles. The molecule has 1 aromatic carbocycles. The molecule has 0 bridgehead atoms. The van der Waals surface area contributed by atoms with Gasteiger partial charge in [-0.15, -0.1) is 0 Å². The maximum absolute atomic E-state index is 12.6. The lowest BCUT2D eigenvalue weighted by Crippen LogP contribution is -2.41. The largest absolute Gasteiger partial charge is 0.380 e. The standard InChI is InChI=1S/C14H18ClN3O3S/c1-14(2,13-16-4-5-17-13)18-22(19,20)12-7-10(9-21-3)6-11(15)8-12/h4-8,18H,9H2,1-3H3,(H,16,17). The number of aromatic nitrogens is 2. The van der Waals surface area contributed by atoms with Gasteiger partial charge in [-0.1, -0.05) is 11.6 Å². The third-order valence-electron chi connectivity index (χ3n) is 3.03. The number of imidazole rings is 1. The SMILES string of the molecule is COCc1cc(Cl)cc(S(=O)(=O)NC(C)(C)c2ncc[nH]2)c1. The van der Waals surface area contributed by atoms with Crippen molar-refractivity contribution in [1.29, 1.82) is 0 Å². The molecule has 6 nitrogen and oxygen atoms in total. The summed E-state index contributed by atoms with van der Waals surface area (Å²) in [5.41, 5.74) is -0.197. The van der Waals surface area contributed by atoms with Crippen molar-refractivity contribution in [3.63, 3.8) is 0 Å². The molecule has 0 saturated carbocycles. The van der Waals surface area contributed by atoms with Gasteiger partial charge in [0.1, 0.15) is 5.82 Å². The van der Waals surface area contributed by atoms with E-state index >= 15 is 0 Å². The first-order chi connectivity index (χ1) is 10.2. The van der Waals surface area contributed by atoms with E-state index in [9.17, 15) is 8.42 Å². The van der Waals surface area contributed by atoms with Crippen LogP contribution >= 0.6 is 11.6 Å². The monoisotopic (exact) mass is 343 g/mol. The number of benzene rings is 1. The summed E-state index contributed by atoms with van der Waals surface area (Å²) in [5, 5.41) is 0.339. The summed E-state index contributed by atoms with van der Waals surface area (Å²) in [7, 11) is -2.22. The smallest absolute Gasteiger partial charge is 0.241 e. The van der Waals surface area contributed by atoms with Gasteiger partial charge in [0.15, 0.2) is 0 Å². The van der Waals surface area contributed by atoms with Gasteiger partial charge in [0.25, 0.3) is 0 Å². The molecule has 0 saturated heterocycles. The molecule has 2 rings (SSSR count). The van der Waals surface area contributed by atoms with Crippen LogP contribution in [0.5, 0.6) is 0 Å². The molecule has 120 valence electrons. The van der Waals surface area contributed by atoms with Gasteiger partial charge in [-0.3, -0.25) is 0 Å². The molecule has 0 fully saturated rings. The second-order valence-corrected chi connectivity index (χ2v) is 7.52. The Balaban J connectivity index is 2.35. The first kappa shape index (κ1) is 17.0. The van der Waals surface area contributed by atoms with E-state index in [1.54, 1.807) is 32.3 Å². The number of halogens is 1. The van der Waals surface area contributed by atoms with E-state index in [0.29, 0.717) is 16.4 Å². The van der Waals surface area contributed by atoms with Crippen LogP contribution in [-0.4, -0.2) is 25.5 Å². The molecule has 0 atom stereocenters. The molecule has 8 heteroatoms. The molecule has 0 spiro atoms. The number of nitrogens with one attached hydrogen (secondary N) is 2. The van der Waals surface area contributed by atoms with Gasteiger partial charge in [0.05, 0.1) is 17.0 Å². The van der Waals surface area contributed by atoms with Crippen LogP contribution in [0.25, 0.3) is 0 Å². The van der Waals surface area contributed by atoms with Crippen LogP contribution in [0.4, 0.5) is 0 Å². The van der Waals surface area contributed by atoms with Crippen molar-refractivity contribution in [2.45, 2.75) is 30.9 Å². The highest BCUT2D eigenvalue weighted by Gasteiger charge is 2.30. The summed E-state index contributed by atoms with van der Waals surface area (Å²) in [6.45, 7) is 3.73. The van der Waals surface area contributed by atoms with Crippen molar-refractivity contribution in [2.75, 3.05) is 7.11 Å². The first-order valence-electron chi connectivity index (χ1n) is 6.57. The number of rotatable bonds is 6. The third kappa shape index (κ3) is 3.86. The molecular weight excluding hydrogens is 326 g/mol. The number of hydrogen-bond acceptors (Lipinski definition) is 4. The van der Waals surface area contributed by atoms with Crippen molar-refractivity contribution >= 4 is 21.6 Å². The van der Waals surface area contributed by atoms with E-state index in [-0.39, 0.29) is 11.5 Å². The zero-order valence-electron chi connectivity index (χ0n) is 12.6. The van der Waals surface area contributed by atoms with E-state index in [0.717, 1.165) is 0 Å². The molecule has 0 unspecified atom stereocenters. The molecule has 2 aromatic rings. The zero-order valence-corrected chi connectivity index (χ0v) is 14.1. The van der Waals surface area contributed by atoms with E-state index in [1.165, 1.54) is 19.2 Å². The van der Waals surface area contributed by atoms with E-state index < -0.39 is 15.6 Å². The molecule has 0 radical (unpaired) electrons. The Bertz CT molecular complexity index is 743. The maximum atomic E-state index is 12.6. The number of nitrogens with zero attached hydrogens (tertiary/aromatic N) is 1. The van der Waals surface area contributed by atoms with Crippen LogP contribution in [-0.2, 0) is 26.9 Å². The fraction of sp³-hybridized carbons (Fsp3) is 0.357. The molecule has 22 heavy (non-hydrogen) atoms. The Morgan fingerprint density at radius 1 is 1.36 bits per heavy atom. The molecular formula is C14H18ClN3O3S. The van der Waals surface area contributed by atoms with Crippen molar-refractivity contribution in [3.8, 4) is 0 Å². The second-order valence-electron chi connectivity index (χ2n) is 5.40. The maximum Gasteiger partial charge on any atom is 0.241 e. The highest BCUT2D eigenvalue weighted by Crippen LogP contribution is 2.23. The average molecular weight is 344 g/mol. The van der Waals surface area contributed by atoms with Crippen LogP contribution in [0, 0.1) is 0 Å². The Labute approximate surface area is 134 Å². The van der Waals surface area contributed by atoms with Gasteiger partial charge in [-0.25, -0.2) is 13.4 Å². The van der Waals surface area contributed by atoms with Crippen LogP contribution in [0.1, 0.15) is 25.2 Å². The minimum absolute atomic E-state index is 0.0895. The van der Waals surface area contributed by atoms with Gasteiger partial charge in [0.2, 0.25) is 10.0 Å². The number of H-pyrrole nitrogens is 1. The zero-order chi connectivity index (χ0) is 16.4. The van der Waals surface area contributed by atoms with Gasteiger partial charge < -0.3 is 9.72 Å². The minimum Gasteiger partial charge on any atom is -0.380 e. The summed E-state index contributed by atoms with van der Waals surface area (Å²) in [6.07, 6.45) is 3.21. The molecule has 0 aliphatic carbocycles. The predicted molar refractivity (Wildman–Crippen MR) is 84.1 cm³/mol. The Morgan fingerprint density at radius 2 is 2.09 bits per heavy atom. The topological polar surface area (TPSA) is 84.1 Å². The summed E-state index contributed by atoms with van der Waals surface area (Å²) >= 11 is 6.00. The quantitative estimate of drug-likeness (QED) is 0.843. The van der Waals surface area contributed by atoms with Crippen molar-refractivity contribution in [2.24, 2.45) is 0 Å². The first-order valence-corrected chi connectivity index (χ1v) is 8.43. The number of sulfonamides is 1. The van der Waals surface area contributed by atoms with Crippen molar-refractivity contribution in [1.82, 2.24) is 14.7 Å². The van der Waals surface area contributed by atoms with Crippen molar-refractivity contribution in [3.05, 3.63) is 47.0 Å². The summed E-state index contributed by atoms with van der Waals surface area (Å²) in [5.74, 6) is 0.523. The molecule has 0 amide bonds. The van der Waals surface area contributed by atoms with E-state index in [4.69, 9.17) is 16.3 Å². The number of hydrogen-bond donors (Lipinski definition) is 2. The molecule has 1 heterocycles. The third-order valence-corrected chi connectivity index (χ3v) is 4.89. The Morgan fingerprint density at radius 3 is 2.68 bits per heavy atom. The molecule has 0 aliphatic heterocycles. The second kappa shape index (κ2) is 6.37. The normalized spacial score (nSPS) is 12.5. The van der Waals surface area contributed by atoms with E-state index in [1.807, 2.05) is 0 Å². The Hall–Kier alpha value is -1.41. The van der Waals surface area contributed by atoms with Crippen LogP contribution in [0.15, 0.2) is 35.5 Å². The number of methoxy groups -OCH3 is 1. The van der Waals surface area contributed by atoms with Crippen LogP contribution < -0.4 is 4.72 Å². The summed E-state index contributed by atoms with van der Waals surface area (Å²) < 4.78 is 32.8. The van der Waals surface area contributed by atoms with Gasteiger partial charge >= 0.3 is 0 Å². The lowest BCUT2D eigenvalue weighted by molar-refractivity contribution is 0.184. The van der Waals surface area contributed by atoms with Crippen LogP contribution in [0.3, 0.4) is 0 Å².